The molecule has 0 amide bonds. The number of hydrogen-bond acceptors (Lipinski definition) is 3. The second kappa shape index (κ2) is 4.88. The first-order chi connectivity index (χ1) is 8.72. The number of ketones is 1. The maximum atomic E-state index is 11.1. The van der Waals surface area contributed by atoms with Crippen molar-refractivity contribution in [3.05, 3.63) is 23.5 Å². The molecule has 98 valence electrons. The summed E-state index contributed by atoms with van der Waals surface area (Å²) >= 11 is 0. The Morgan fingerprint density at radius 1 is 1.22 bits per heavy atom. The van der Waals surface area contributed by atoms with Gasteiger partial charge in [0.05, 0.1) is 6.54 Å². The van der Waals surface area contributed by atoms with Crippen LogP contribution in [0.2, 0.25) is 0 Å². The van der Waals surface area contributed by atoms with Crippen molar-refractivity contribution in [3.63, 3.8) is 0 Å². The third-order valence-corrected chi connectivity index (χ3v) is 4.66. The van der Waals surface area contributed by atoms with Crippen LogP contribution in [0.1, 0.15) is 32.1 Å². The van der Waals surface area contributed by atoms with E-state index >= 15 is 0 Å². The lowest BCUT2D eigenvalue weighted by atomic mass is 10.00. The molecule has 1 saturated heterocycles. The molecule has 0 aromatic carbocycles. The van der Waals surface area contributed by atoms with Crippen LogP contribution in [0.25, 0.3) is 0 Å². The highest BCUT2D eigenvalue weighted by Gasteiger charge is 2.36. The lowest BCUT2D eigenvalue weighted by molar-refractivity contribution is -0.114. The molecule has 18 heavy (non-hydrogen) atoms. The van der Waals surface area contributed by atoms with Crippen molar-refractivity contribution in [2.24, 2.45) is 11.8 Å². The molecular weight excluding hydrogens is 226 g/mol. The average Bonchev–Trinajstić information content (AvgIpc) is 2.90. The van der Waals surface area contributed by atoms with Gasteiger partial charge in [-0.05, 0) is 42.7 Å². The summed E-state index contributed by atoms with van der Waals surface area (Å²) in [5, 5.41) is 10.2. The van der Waals surface area contributed by atoms with Gasteiger partial charge in [0.25, 0.3) is 0 Å². The maximum Gasteiger partial charge on any atom is 0.156 e. The summed E-state index contributed by atoms with van der Waals surface area (Å²) in [4.78, 5) is 13.5. The SMILES string of the molecule is O=C1C=CC(=C(O)CN2CC3CCCC3C2)CC1. The molecule has 1 saturated carbocycles. The van der Waals surface area contributed by atoms with Gasteiger partial charge in [-0.3, -0.25) is 9.69 Å². The molecule has 3 heteroatoms. The first-order valence-corrected chi connectivity index (χ1v) is 7.06. The average molecular weight is 247 g/mol. The van der Waals surface area contributed by atoms with E-state index in [1.165, 1.54) is 19.3 Å². The molecule has 3 nitrogen and oxygen atoms in total. The summed E-state index contributed by atoms with van der Waals surface area (Å²) in [5.74, 6) is 2.37. The molecule has 1 heterocycles. The fourth-order valence-corrected chi connectivity index (χ4v) is 3.63. The molecule has 0 radical (unpaired) electrons. The van der Waals surface area contributed by atoms with Gasteiger partial charge in [-0.15, -0.1) is 0 Å². The van der Waals surface area contributed by atoms with Crippen LogP contribution in [0, 0.1) is 11.8 Å². The van der Waals surface area contributed by atoms with Gasteiger partial charge < -0.3 is 5.11 Å². The normalized spacial score (nSPS) is 35.0. The predicted molar refractivity (Wildman–Crippen MR) is 70.3 cm³/mol. The third kappa shape index (κ3) is 2.37. The van der Waals surface area contributed by atoms with E-state index < -0.39 is 0 Å². The Morgan fingerprint density at radius 2 is 1.94 bits per heavy atom. The van der Waals surface area contributed by atoms with Gasteiger partial charge in [0.2, 0.25) is 0 Å². The summed E-state index contributed by atoms with van der Waals surface area (Å²) in [6, 6.07) is 0. The van der Waals surface area contributed by atoms with Gasteiger partial charge in [0.1, 0.15) is 5.76 Å². The van der Waals surface area contributed by atoms with Crippen LogP contribution < -0.4 is 0 Å². The number of rotatable bonds is 2. The molecule has 3 rings (SSSR count). The molecule has 0 bridgehead atoms. The molecule has 0 aromatic heterocycles. The second-order valence-electron chi connectivity index (χ2n) is 5.92. The minimum absolute atomic E-state index is 0.169. The van der Waals surface area contributed by atoms with Gasteiger partial charge >= 0.3 is 0 Å². The van der Waals surface area contributed by atoms with Crippen LogP contribution in [0.3, 0.4) is 0 Å². The predicted octanol–water partition coefficient (Wildman–Crippen LogP) is 2.45. The minimum Gasteiger partial charge on any atom is -0.511 e. The van der Waals surface area contributed by atoms with Crippen molar-refractivity contribution in [2.45, 2.75) is 32.1 Å². The topological polar surface area (TPSA) is 40.5 Å². The number of fused-ring (bicyclic) bond motifs is 1. The van der Waals surface area contributed by atoms with Crippen LogP contribution in [0.15, 0.2) is 23.5 Å². The summed E-state index contributed by atoms with van der Waals surface area (Å²) in [5.41, 5.74) is 0.951. The van der Waals surface area contributed by atoms with Crippen molar-refractivity contribution >= 4 is 5.78 Å². The first kappa shape index (κ1) is 12.0. The number of carbonyl (C=O) groups excluding carboxylic acids is 1. The molecule has 0 spiro atoms. The molecule has 2 atom stereocenters. The zero-order chi connectivity index (χ0) is 12.5. The van der Waals surface area contributed by atoms with Gasteiger partial charge in [-0.1, -0.05) is 12.5 Å². The fraction of sp³-hybridized carbons (Fsp3) is 0.667. The molecule has 2 aliphatic carbocycles. The molecule has 1 aliphatic heterocycles. The van der Waals surface area contributed by atoms with E-state index in [0.29, 0.717) is 25.1 Å². The van der Waals surface area contributed by atoms with Gasteiger partial charge in [0, 0.05) is 19.5 Å². The molecule has 3 aliphatic rings. The van der Waals surface area contributed by atoms with Crippen LogP contribution in [-0.4, -0.2) is 35.4 Å². The Bertz CT molecular complexity index is 399. The van der Waals surface area contributed by atoms with E-state index in [9.17, 15) is 9.90 Å². The highest BCUT2D eigenvalue weighted by atomic mass is 16.3. The fourth-order valence-electron chi connectivity index (χ4n) is 3.63. The van der Waals surface area contributed by atoms with Gasteiger partial charge in [-0.25, -0.2) is 0 Å². The van der Waals surface area contributed by atoms with Gasteiger partial charge in [-0.2, -0.15) is 0 Å². The van der Waals surface area contributed by atoms with Crippen molar-refractivity contribution in [1.29, 1.82) is 0 Å². The minimum atomic E-state index is 0.169. The lowest BCUT2D eigenvalue weighted by Gasteiger charge is -2.18. The smallest absolute Gasteiger partial charge is 0.156 e. The number of aliphatic hydroxyl groups is 1. The lowest BCUT2D eigenvalue weighted by Crippen LogP contribution is -2.25. The highest BCUT2D eigenvalue weighted by Crippen LogP contribution is 2.37. The Labute approximate surface area is 108 Å². The monoisotopic (exact) mass is 247 g/mol. The van der Waals surface area contributed by atoms with Crippen LogP contribution in [0.5, 0.6) is 0 Å². The number of nitrogens with zero attached hydrogens (tertiary/aromatic N) is 1. The maximum absolute atomic E-state index is 11.1. The zero-order valence-corrected chi connectivity index (χ0v) is 10.8. The Hall–Kier alpha value is -1.09. The van der Waals surface area contributed by atoms with E-state index in [0.717, 1.165) is 30.5 Å². The number of carbonyl (C=O) groups is 1. The summed E-state index contributed by atoms with van der Waals surface area (Å²) in [7, 11) is 0. The number of likely N-dealkylation sites (tertiary alicyclic amines) is 1. The quantitative estimate of drug-likeness (QED) is 0.762. The molecular formula is C15H21NO2. The van der Waals surface area contributed by atoms with Crippen molar-refractivity contribution in [1.82, 2.24) is 4.90 Å². The van der Waals surface area contributed by atoms with Crippen LogP contribution >= 0.6 is 0 Å². The van der Waals surface area contributed by atoms with E-state index in [4.69, 9.17) is 0 Å². The highest BCUT2D eigenvalue weighted by molar-refractivity contribution is 5.91. The Balaban J connectivity index is 1.61. The zero-order valence-electron chi connectivity index (χ0n) is 10.8. The molecule has 2 unspecified atom stereocenters. The van der Waals surface area contributed by atoms with Crippen LogP contribution in [-0.2, 0) is 4.79 Å². The summed E-state index contributed by atoms with van der Waals surface area (Å²) in [6.45, 7) is 2.95. The molecule has 1 N–H and O–H groups in total. The second-order valence-corrected chi connectivity index (χ2v) is 5.92. The largest absolute Gasteiger partial charge is 0.511 e. The van der Waals surface area contributed by atoms with E-state index in [1.807, 2.05) is 0 Å². The van der Waals surface area contributed by atoms with Crippen molar-refractivity contribution < 1.29 is 9.90 Å². The van der Waals surface area contributed by atoms with Crippen molar-refractivity contribution in [3.8, 4) is 0 Å². The standard InChI is InChI=1S/C15H21NO2/c17-14-6-4-11(5-7-14)15(18)10-16-8-12-2-1-3-13(12)9-16/h4,6,12-13,18H,1-3,5,7-10H2. The summed E-state index contributed by atoms with van der Waals surface area (Å²) < 4.78 is 0. The Kier molecular flexibility index (Phi) is 3.25. The van der Waals surface area contributed by atoms with E-state index in [2.05, 4.69) is 4.90 Å². The van der Waals surface area contributed by atoms with Gasteiger partial charge in [0.15, 0.2) is 5.78 Å². The molecule has 0 aromatic rings. The number of aliphatic hydroxyl groups excluding tert-OH is 1. The summed E-state index contributed by atoms with van der Waals surface area (Å²) in [6.07, 6.45) is 8.75. The van der Waals surface area contributed by atoms with Crippen LogP contribution in [0.4, 0.5) is 0 Å². The first-order valence-electron chi connectivity index (χ1n) is 7.06. The number of allylic oxidation sites excluding steroid dienone is 3. The van der Waals surface area contributed by atoms with E-state index in [1.54, 1.807) is 12.2 Å². The Morgan fingerprint density at radius 3 is 2.56 bits per heavy atom. The third-order valence-electron chi connectivity index (χ3n) is 4.66. The number of hydrogen-bond donors (Lipinski definition) is 1. The van der Waals surface area contributed by atoms with Crippen molar-refractivity contribution in [2.75, 3.05) is 19.6 Å². The molecule has 2 fully saturated rings. The van der Waals surface area contributed by atoms with E-state index in [-0.39, 0.29) is 5.78 Å².